The Hall–Kier alpha value is -0.650. The van der Waals surface area contributed by atoms with Gasteiger partial charge in [-0.1, -0.05) is 48.5 Å². The molecule has 3 rings (SSSR count). The summed E-state index contributed by atoms with van der Waals surface area (Å²) in [5, 5.41) is 0. The van der Waals surface area contributed by atoms with Crippen LogP contribution in [0.25, 0.3) is 0 Å². The molecule has 0 aromatic heterocycles. The number of benzene rings is 2. The molecule has 111 valence electrons. The Morgan fingerprint density at radius 3 is 1.95 bits per heavy atom. The van der Waals surface area contributed by atoms with E-state index >= 15 is 0 Å². The van der Waals surface area contributed by atoms with Gasteiger partial charge in [-0.3, -0.25) is 4.55 Å². The van der Waals surface area contributed by atoms with E-state index in [0.717, 1.165) is 12.8 Å². The minimum atomic E-state index is -3.88. The van der Waals surface area contributed by atoms with E-state index in [2.05, 4.69) is 24.3 Å². The van der Waals surface area contributed by atoms with Crippen LogP contribution in [0, 0.1) is 0 Å². The van der Waals surface area contributed by atoms with Crippen LogP contribution in [0.3, 0.4) is 0 Å². The summed E-state index contributed by atoms with van der Waals surface area (Å²) in [6.45, 7) is 0. The van der Waals surface area contributed by atoms with Gasteiger partial charge >= 0.3 is 0 Å². The SMILES string of the molecule is O=S(=O)(O)CCCC1c2ccccc2Cc2ccccc21.[Na]. The first kappa shape index (κ1) is 17.7. The molecule has 0 bridgehead atoms. The van der Waals surface area contributed by atoms with Crippen molar-refractivity contribution in [2.75, 3.05) is 5.75 Å². The summed E-state index contributed by atoms with van der Waals surface area (Å²) in [5.41, 5.74) is 5.19. The Morgan fingerprint density at radius 1 is 0.955 bits per heavy atom. The molecule has 1 N–H and O–H groups in total. The van der Waals surface area contributed by atoms with Gasteiger partial charge in [0.2, 0.25) is 0 Å². The van der Waals surface area contributed by atoms with Crippen LogP contribution in [0.4, 0.5) is 0 Å². The van der Waals surface area contributed by atoms with Crippen molar-refractivity contribution in [3.63, 3.8) is 0 Å². The van der Waals surface area contributed by atoms with Crippen molar-refractivity contribution < 1.29 is 13.0 Å². The molecule has 0 atom stereocenters. The maximum absolute atomic E-state index is 10.9. The first-order chi connectivity index (χ1) is 10.0. The van der Waals surface area contributed by atoms with E-state index in [4.69, 9.17) is 4.55 Å². The zero-order chi connectivity index (χ0) is 14.9. The number of rotatable bonds is 4. The van der Waals surface area contributed by atoms with Crippen molar-refractivity contribution in [2.45, 2.75) is 25.2 Å². The van der Waals surface area contributed by atoms with Crippen LogP contribution < -0.4 is 0 Å². The number of fused-ring (bicyclic) bond motifs is 2. The van der Waals surface area contributed by atoms with E-state index < -0.39 is 10.1 Å². The third-order valence-electron chi connectivity index (χ3n) is 4.14. The van der Waals surface area contributed by atoms with E-state index in [1.165, 1.54) is 22.3 Å². The molecule has 1 aliphatic carbocycles. The molecule has 0 amide bonds. The number of hydrogen-bond acceptors (Lipinski definition) is 2. The zero-order valence-corrected chi connectivity index (χ0v) is 15.5. The van der Waals surface area contributed by atoms with Gasteiger partial charge in [-0.2, -0.15) is 8.42 Å². The molecule has 1 aliphatic rings. The minimum absolute atomic E-state index is 0. The quantitative estimate of drug-likeness (QED) is 0.694. The van der Waals surface area contributed by atoms with Crippen LogP contribution >= 0.6 is 0 Å². The average Bonchev–Trinajstić information content (AvgIpc) is 2.45. The molecule has 0 spiro atoms. The van der Waals surface area contributed by atoms with Gasteiger partial charge in [-0.05, 0) is 41.5 Å². The monoisotopic (exact) mass is 325 g/mol. The van der Waals surface area contributed by atoms with Crippen LogP contribution in [0.1, 0.15) is 41.0 Å². The van der Waals surface area contributed by atoms with Crippen LogP contribution in [-0.2, 0) is 16.5 Å². The molecule has 0 fully saturated rings. The molecule has 22 heavy (non-hydrogen) atoms. The van der Waals surface area contributed by atoms with Crippen LogP contribution in [0.15, 0.2) is 48.5 Å². The summed E-state index contributed by atoms with van der Waals surface area (Å²) in [6, 6.07) is 16.7. The van der Waals surface area contributed by atoms with E-state index in [-0.39, 0.29) is 41.2 Å². The van der Waals surface area contributed by atoms with Crippen molar-refractivity contribution in [2.24, 2.45) is 0 Å². The Labute approximate surface area is 153 Å². The fourth-order valence-electron chi connectivity index (χ4n) is 3.22. The van der Waals surface area contributed by atoms with Gasteiger partial charge in [0.05, 0.1) is 5.75 Å². The maximum atomic E-state index is 10.9. The van der Waals surface area contributed by atoms with Crippen LogP contribution in [0.2, 0.25) is 0 Å². The van der Waals surface area contributed by atoms with Gasteiger partial charge in [0.15, 0.2) is 0 Å². The molecule has 0 heterocycles. The number of hydrogen-bond donors (Lipinski definition) is 1. The van der Waals surface area contributed by atoms with Gasteiger partial charge in [-0.25, -0.2) is 0 Å². The molecule has 2 aromatic carbocycles. The van der Waals surface area contributed by atoms with E-state index in [1.54, 1.807) is 0 Å². The van der Waals surface area contributed by atoms with Gasteiger partial charge in [0, 0.05) is 35.5 Å². The summed E-state index contributed by atoms with van der Waals surface area (Å²) < 4.78 is 30.7. The largest absolute Gasteiger partial charge is 0.286 e. The summed E-state index contributed by atoms with van der Waals surface area (Å²) >= 11 is 0. The second-order valence-corrected chi connectivity index (χ2v) is 7.13. The average molecular weight is 325 g/mol. The van der Waals surface area contributed by atoms with Crippen LogP contribution in [-0.4, -0.2) is 48.3 Å². The molecule has 0 unspecified atom stereocenters. The fourth-order valence-corrected chi connectivity index (χ4v) is 3.76. The molecule has 5 heteroatoms. The first-order valence-corrected chi connectivity index (χ1v) is 8.76. The third-order valence-corrected chi connectivity index (χ3v) is 4.94. The second-order valence-electron chi connectivity index (χ2n) is 5.56. The zero-order valence-electron chi connectivity index (χ0n) is 12.7. The fraction of sp³-hybridized carbons (Fsp3) is 0.294. The normalized spacial score (nSPS) is 13.9. The maximum Gasteiger partial charge on any atom is 0.264 e. The van der Waals surface area contributed by atoms with Crippen molar-refractivity contribution in [1.82, 2.24) is 0 Å². The van der Waals surface area contributed by atoms with Gasteiger partial charge in [-0.15, -0.1) is 0 Å². The first-order valence-electron chi connectivity index (χ1n) is 7.15. The molecule has 3 nitrogen and oxygen atoms in total. The summed E-state index contributed by atoms with van der Waals surface area (Å²) in [6.07, 6.45) is 2.13. The van der Waals surface area contributed by atoms with E-state index in [9.17, 15) is 8.42 Å². The molecular formula is C17H18NaO3S. The summed E-state index contributed by atoms with van der Waals surface area (Å²) in [4.78, 5) is 0. The van der Waals surface area contributed by atoms with E-state index in [0.29, 0.717) is 6.42 Å². The standard InChI is InChI=1S/C17H18O3S.Na/c18-21(19,20)11-5-10-17-15-8-3-1-6-13(15)12-14-7-2-4-9-16(14)17;/h1-4,6-9,17H,5,10-12H2,(H,18,19,20);. The molecule has 0 aliphatic heterocycles. The molecule has 0 saturated heterocycles. The minimum Gasteiger partial charge on any atom is -0.286 e. The topological polar surface area (TPSA) is 54.4 Å². The predicted molar refractivity (Wildman–Crippen MR) is 88.9 cm³/mol. The Bertz CT molecular complexity index is 711. The Kier molecular flexibility index (Phi) is 5.86. The van der Waals surface area contributed by atoms with Gasteiger partial charge in [0.25, 0.3) is 10.1 Å². The predicted octanol–water partition coefficient (Wildman–Crippen LogP) is 3.01. The van der Waals surface area contributed by atoms with Crippen molar-refractivity contribution >= 4 is 39.7 Å². The third kappa shape index (κ3) is 4.00. The summed E-state index contributed by atoms with van der Waals surface area (Å²) in [7, 11) is -3.88. The van der Waals surface area contributed by atoms with E-state index in [1.807, 2.05) is 24.3 Å². The Morgan fingerprint density at radius 2 is 1.45 bits per heavy atom. The Balaban J connectivity index is 0.00000176. The van der Waals surface area contributed by atoms with Crippen LogP contribution in [0.5, 0.6) is 0 Å². The summed E-state index contributed by atoms with van der Waals surface area (Å²) in [5.74, 6) is 0.0429. The molecular weight excluding hydrogens is 307 g/mol. The van der Waals surface area contributed by atoms with Crippen molar-refractivity contribution in [1.29, 1.82) is 0 Å². The smallest absolute Gasteiger partial charge is 0.264 e. The molecule has 0 saturated carbocycles. The van der Waals surface area contributed by atoms with Gasteiger partial charge < -0.3 is 0 Å². The van der Waals surface area contributed by atoms with Crippen molar-refractivity contribution in [3.05, 3.63) is 70.8 Å². The van der Waals surface area contributed by atoms with Gasteiger partial charge in [0.1, 0.15) is 0 Å². The second kappa shape index (κ2) is 7.28. The molecule has 1 radical (unpaired) electrons. The van der Waals surface area contributed by atoms with Crippen molar-refractivity contribution in [3.8, 4) is 0 Å². The molecule has 2 aromatic rings.